The van der Waals surface area contributed by atoms with Gasteiger partial charge in [0.05, 0.1) is 28.8 Å². The van der Waals surface area contributed by atoms with Crippen molar-refractivity contribution in [2.75, 3.05) is 39.4 Å². The maximum Gasteiger partial charge on any atom is 0.255 e. The molecule has 0 aliphatic carbocycles. The molecule has 1 aromatic carbocycles. The van der Waals surface area contributed by atoms with Gasteiger partial charge in [0.15, 0.2) is 0 Å². The standard InChI is InChI=1S/C17H22Cl2N2O4S/c1-12-3-2-4-20(11-12)17(22)13-9-16(15(19)10-14(13)18)26(23,24)21-5-7-25-8-6-21/h9-10,12H,2-8,11H2,1H3. The minimum atomic E-state index is -3.81. The molecule has 144 valence electrons. The van der Waals surface area contributed by atoms with Gasteiger partial charge in [-0.25, -0.2) is 8.42 Å². The topological polar surface area (TPSA) is 66.9 Å². The largest absolute Gasteiger partial charge is 0.379 e. The second-order valence-electron chi connectivity index (χ2n) is 6.78. The van der Waals surface area contributed by atoms with E-state index >= 15 is 0 Å². The number of piperidine rings is 1. The summed E-state index contributed by atoms with van der Waals surface area (Å²) in [5.41, 5.74) is 0.178. The van der Waals surface area contributed by atoms with Gasteiger partial charge in [-0.1, -0.05) is 30.1 Å². The molecule has 2 aliphatic rings. The van der Waals surface area contributed by atoms with Crippen molar-refractivity contribution in [3.05, 3.63) is 27.7 Å². The van der Waals surface area contributed by atoms with Gasteiger partial charge >= 0.3 is 0 Å². The van der Waals surface area contributed by atoms with E-state index in [2.05, 4.69) is 6.92 Å². The molecule has 2 heterocycles. The highest BCUT2D eigenvalue weighted by Crippen LogP contribution is 2.32. The number of amides is 1. The number of nitrogens with zero attached hydrogens (tertiary/aromatic N) is 2. The Balaban J connectivity index is 1.95. The van der Waals surface area contributed by atoms with Gasteiger partial charge in [0.1, 0.15) is 4.90 Å². The zero-order valence-electron chi connectivity index (χ0n) is 14.6. The van der Waals surface area contributed by atoms with Gasteiger partial charge in [-0.05, 0) is 30.9 Å². The molecule has 0 bridgehead atoms. The molecule has 0 saturated carbocycles. The summed E-state index contributed by atoms with van der Waals surface area (Å²) in [7, 11) is -3.81. The summed E-state index contributed by atoms with van der Waals surface area (Å²) in [5, 5.41) is 0.184. The Morgan fingerprint density at radius 2 is 1.85 bits per heavy atom. The normalized spacial score (nSPS) is 22.4. The molecule has 2 saturated heterocycles. The number of ether oxygens (including phenoxy) is 1. The van der Waals surface area contributed by atoms with Crippen LogP contribution in [0.5, 0.6) is 0 Å². The molecule has 0 spiro atoms. The lowest BCUT2D eigenvalue weighted by Crippen LogP contribution is -2.41. The molecule has 2 fully saturated rings. The first-order valence-corrected chi connectivity index (χ1v) is 10.9. The fourth-order valence-corrected chi connectivity index (χ4v) is 5.60. The molecule has 9 heteroatoms. The van der Waals surface area contributed by atoms with Gasteiger partial charge in [0.2, 0.25) is 10.0 Å². The summed E-state index contributed by atoms with van der Waals surface area (Å²) >= 11 is 12.4. The summed E-state index contributed by atoms with van der Waals surface area (Å²) in [4.78, 5) is 14.5. The zero-order valence-corrected chi connectivity index (χ0v) is 16.9. The lowest BCUT2D eigenvalue weighted by molar-refractivity contribution is 0.0682. The molecule has 0 N–H and O–H groups in total. The number of carbonyl (C=O) groups excluding carboxylic acids is 1. The third-order valence-corrected chi connectivity index (χ3v) is 7.46. The molecule has 0 aromatic heterocycles. The number of likely N-dealkylation sites (tertiary alicyclic amines) is 1. The minimum absolute atomic E-state index is 0.0186. The Morgan fingerprint density at radius 3 is 2.50 bits per heavy atom. The van der Waals surface area contributed by atoms with Crippen LogP contribution in [0.1, 0.15) is 30.1 Å². The number of halogens is 2. The van der Waals surface area contributed by atoms with Gasteiger partial charge in [-0.2, -0.15) is 4.31 Å². The van der Waals surface area contributed by atoms with Gasteiger partial charge in [0, 0.05) is 26.2 Å². The Kier molecular flexibility index (Phi) is 6.14. The molecule has 1 aromatic rings. The van der Waals surface area contributed by atoms with E-state index in [1.54, 1.807) is 4.90 Å². The Labute approximate surface area is 164 Å². The maximum atomic E-state index is 12.9. The highest BCUT2D eigenvalue weighted by Gasteiger charge is 2.31. The highest BCUT2D eigenvalue weighted by molar-refractivity contribution is 7.89. The molecule has 1 unspecified atom stereocenters. The average molecular weight is 421 g/mol. The number of carbonyl (C=O) groups is 1. The first-order chi connectivity index (χ1) is 12.3. The third kappa shape index (κ3) is 4.02. The van der Waals surface area contributed by atoms with Crippen molar-refractivity contribution in [2.24, 2.45) is 5.92 Å². The van der Waals surface area contributed by atoms with Crippen LogP contribution in [0.25, 0.3) is 0 Å². The van der Waals surface area contributed by atoms with Crippen LogP contribution in [-0.4, -0.2) is 62.9 Å². The number of hydrogen-bond donors (Lipinski definition) is 0. The second-order valence-corrected chi connectivity index (χ2v) is 9.50. The van der Waals surface area contributed by atoms with Crippen molar-refractivity contribution in [1.29, 1.82) is 0 Å². The van der Waals surface area contributed by atoms with Gasteiger partial charge in [0.25, 0.3) is 5.91 Å². The third-order valence-electron chi connectivity index (χ3n) is 4.78. The van der Waals surface area contributed by atoms with E-state index in [9.17, 15) is 13.2 Å². The molecule has 26 heavy (non-hydrogen) atoms. The van der Waals surface area contributed by atoms with E-state index in [0.717, 1.165) is 12.8 Å². The monoisotopic (exact) mass is 420 g/mol. The summed E-state index contributed by atoms with van der Waals surface area (Å²) in [6, 6.07) is 2.66. The fourth-order valence-electron chi connectivity index (χ4n) is 3.36. The van der Waals surface area contributed by atoms with Gasteiger partial charge < -0.3 is 9.64 Å². The van der Waals surface area contributed by atoms with Crippen molar-refractivity contribution < 1.29 is 17.9 Å². The SMILES string of the molecule is CC1CCCN(C(=O)c2cc(S(=O)(=O)N3CCOCC3)c(Cl)cc2Cl)C1. The predicted molar refractivity (Wildman–Crippen MR) is 100 cm³/mol. The lowest BCUT2D eigenvalue weighted by Gasteiger charge is -2.31. The van der Waals surface area contributed by atoms with Crippen molar-refractivity contribution >= 4 is 39.1 Å². The van der Waals surface area contributed by atoms with E-state index in [1.165, 1.54) is 16.4 Å². The first kappa shape index (κ1) is 19.9. The van der Waals surface area contributed by atoms with Crippen molar-refractivity contribution in [3.63, 3.8) is 0 Å². The fraction of sp³-hybridized carbons (Fsp3) is 0.588. The van der Waals surface area contributed by atoms with Crippen LogP contribution < -0.4 is 0 Å². The maximum absolute atomic E-state index is 12.9. The number of morpholine rings is 1. The minimum Gasteiger partial charge on any atom is -0.379 e. The van der Waals surface area contributed by atoms with Crippen molar-refractivity contribution in [1.82, 2.24) is 9.21 Å². The zero-order chi connectivity index (χ0) is 18.9. The summed E-state index contributed by atoms with van der Waals surface area (Å²) in [6.07, 6.45) is 2.01. The summed E-state index contributed by atoms with van der Waals surface area (Å²) in [6.45, 7) is 4.57. The van der Waals surface area contributed by atoms with E-state index in [-0.39, 0.29) is 39.5 Å². The quantitative estimate of drug-likeness (QED) is 0.753. The molecular formula is C17H22Cl2N2O4S. The molecular weight excluding hydrogens is 399 g/mol. The van der Waals surface area contributed by atoms with E-state index in [0.29, 0.717) is 32.2 Å². The van der Waals surface area contributed by atoms with Crippen LogP contribution >= 0.6 is 23.2 Å². The number of hydrogen-bond acceptors (Lipinski definition) is 4. The summed E-state index contributed by atoms with van der Waals surface area (Å²) < 4.78 is 32.4. The first-order valence-electron chi connectivity index (χ1n) is 8.67. The van der Waals surface area contributed by atoms with E-state index in [4.69, 9.17) is 27.9 Å². The van der Waals surface area contributed by atoms with Gasteiger partial charge in [-0.3, -0.25) is 4.79 Å². The second kappa shape index (κ2) is 8.02. The number of rotatable bonds is 3. The number of sulfonamides is 1. The van der Waals surface area contributed by atoms with Crippen LogP contribution in [0, 0.1) is 5.92 Å². The molecule has 3 rings (SSSR count). The van der Waals surface area contributed by atoms with Crippen LogP contribution in [0.2, 0.25) is 10.0 Å². The van der Waals surface area contributed by atoms with E-state index in [1.807, 2.05) is 0 Å². The predicted octanol–water partition coefficient (Wildman–Crippen LogP) is 2.89. The van der Waals surface area contributed by atoms with Crippen LogP contribution in [0.3, 0.4) is 0 Å². The van der Waals surface area contributed by atoms with Crippen LogP contribution in [0.15, 0.2) is 17.0 Å². The lowest BCUT2D eigenvalue weighted by atomic mass is 9.99. The van der Waals surface area contributed by atoms with Gasteiger partial charge in [-0.15, -0.1) is 0 Å². The van der Waals surface area contributed by atoms with Crippen LogP contribution in [0.4, 0.5) is 0 Å². The Bertz CT molecular complexity index is 794. The summed E-state index contributed by atoms with van der Waals surface area (Å²) in [5.74, 6) is 0.159. The van der Waals surface area contributed by atoms with Crippen molar-refractivity contribution in [2.45, 2.75) is 24.7 Å². The average Bonchev–Trinajstić information content (AvgIpc) is 2.62. The van der Waals surface area contributed by atoms with Crippen molar-refractivity contribution in [3.8, 4) is 0 Å². The molecule has 6 nitrogen and oxygen atoms in total. The smallest absolute Gasteiger partial charge is 0.255 e. The Hall–Kier alpha value is -0.860. The molecule has 1 atom stereocenters. The molecule has 0 radical (unpaired) electrons. The number of benzene rings is 1. The molecule has 2 aliphatic heterocycles. The van der Waals surface area contributed by atoms with E-state index < -0.39 is 10.0 Å². The van der Waals surface area contributed by atoms with Crippen LogP contribution in [-0.2, 0) is 14.8 Å². The Morgan fingerprint density at radius 1 is 1.15 bits per heavy atom. The highest BCUT2D eigenvalue weighted by atomic mass is 35.5. The molecule has 1 amide bonds.